The van der Waals surface area contributed by atoms with Crippen LogP contribution in [0.1, 0.15) is 53.6 Å². The molecule has 1 atom stereocenters. The van der Waals surface area contributed by atoms with Crippen LogP contribution in [0, 0.1) is 0 Å². The van der Waals surface area contributed by atoms with Gasteiger partial charge in [-0.05, 0) is 20.8 Å². The van der Waals surface area contributed by atoms with Crippen molar-refractivity contribution in [1.29, 1.82) is 0 Å². The lowest BCUT2D eigenvalue weighted by molar-refractivity contribution is 0.0632. The first kappa shape index (κ1) is 16.2. The van der Waals surface area contributed by atoms with E-state index in [9.17, 15) is 9.59 Å². The number of nitrogens with zero attached hydrogens (tertiary/aromatic N) is 5. The van der Waals surface area contributed by atoms with E-state index in [4.69, 9.17) is 0 Å². The van der Waals surface area contributed by atoms with Gasteiger partial charge in [-0.2, -0.15) is 0 Å². The van der Waals surface area contributed by atoms with Crippen molar-refractivity contribution in [3.63, 3.8) is 0 Å². The van der Waals surface area contributed by atoms with E-state index in [1.807, 2.05) is 32.4 Å². The second-order valence-corrected chi connectivity index (χ2v) is 6.40. The summed E-state index contributed by atoms with van der Waals surface area (Å²) in [4.78, 5) is 35.1. The van der Waals surface area contributed by atoms with Gasteiger partial charge < -0.3 is 19.4 Å². The molecule has 0 radical (unpaired) electrons. The highest BCUT2D eigenvalue weighted by molar-refractivity contribution is 5.93. The Kier molecular flexibility index (Phi) is 4.13. The topological polar surface area (TPSA) is 85.0 Å². The van der Waals surface area contributed by atoms with Crippen LogP contribution in [0.2, 0.25) is 0 Å². The fourth-order valence-electron chi connectivity index (χ4n) is 2.88. The van der Waals surface area contributed by atoms with Crippen molar-refractivity contribution in [3.8, 4) is 0 Å². The molecule has 1 aliphatic heterocycles. The quantitative estimate of drug-likeness (QED) is 0.909. The first-order valence-electron chi connectivity index (χ1n) is 8.03. The predicted octanol–water partition coefficient (Wildman–Crippen LogP) is 0.972. The summed E-state index contributed by atoms with van der Waals surface area (Å²) >= 11 is 0. The number of aromatic nitrogens is 4. The summed E-state index contributed by atoms with van der Waals surface area (Å²) in [5.41, 5.74) is 0.805. The minimum absolute atomic E-state index is 0.0517. The molecule has 2 aromatic heterocycles. The van der Waals surface area contributed by atoms with Gasteiger partial charge in [-0.1, -0.05) is 0 Å². The molecule has 0 saturated carbocycles. The molecular formula is C16H22N6O2. The minimum atomic E-state index is -0.214. The highest BCUT2D eigenvalue weighted by Gasteiger charge is 2.32. The van der Waals surface area contributed by atoms with Crippen molar-refractivity contribution in [3.05, 3.63) is 35.9 Å². The van der Waals surface area contributed by atoms with Crippen LogP contribution < -0.4 is 5.32 Å². The summed E-state index contributed by atoms with van der Waals surface area (Å²) in [5, 5.41) is 2.84. The van der Waals surface area contributed by atoms with E-state index < -0.39 is 0 Å². The van der Waals surface area contributed by atoms with E-state index in [0.29, 0.717) is 24.5 Å². The lowest BCUT2D eigenvalue weighted by Gasteiger charge is -2.33. The number of aryl methyl sites for hydroxylation is 1. The summed E-state index contributed by atoms with van der Waals surface area (Å²) in [5.74, 6) is 0.409. The zero-order valence-corrected chi connectivity index (χ0v) is 14.4. The molecule has 0 aromatic carbocycles. The second-order valence-electron chi connectivity index (χ2n) is 6.40. The van der Waals surface area contributed by atoms with Crippen molar-refractivity contribution in [1.82, 2.24) is 29.3 Å². The minimum Gasteiger partial charge on any atom is -0.348 e. The lowest BCUT2D eigenvalue weighted by atomic mass is 10.2. The molecular weight excluding hydrogens is 308 g/mol. The van der Waals surface area contributed by atoms with Crippen molar-refractivity contribution in [2.45, 2.75) is 39.4 Å². The smallest absolute Gasteiger partial charge is 0.274 e. The fourth-order valence-corrected chi connectivity index (χ4v) is 2.88. The third kappa shape index (κ3) is 2.91. The Morgan fingerprint density at radius 3 is 2.62 bits per heavy atom. The van der Waals surface area contributed by atoms with Crippen LogP contribution in [0.5, 0.6) is 0 Å². The lowest BCUT2D eigenvalue weighted by Crippen LogP contribution is -2.41. The summed E-state index contributed by atoms with van der Waals surface area (Å²) in [6.45, 7) is 6.90. The first-order chi connectivity index (χ1) is 11.4. The Hall–Kier alpha value is -2.64. The first-order valence-corrected chi connectivity index (χ1v) is 8.03. The molecule has 0 unspecified atom stereocenters. The van der Waals surface area contributed by atoms with Crippen molar-refractivity contribution in [2.24, 2.45) is 7.05 Å². The van der Waals surface area contributed by atoms with E-state index in [-0.39, 0.29) is 23.9 Å². The molecule has 1 aliphatic rings. The molecule has 2 amide bonds. The fraction of sp³-hybridized carbons (Fsp3) is 0.500. The van der Waals surface area contributed by atoms with Crippen LogP contribution in [-0.4, -0.2) is 48.4 Å². The van der Waals surface area contributed by atoms with Crippen molar-refractivity contribution < 1.29 is 9.59 Å². The Balaban J connectivity index is 1.82. The van der Waals surface area contributed by atoms with Crippen LogP contribution in [-0.2, 0) is 13.6 Å². The summed E-state index contributed by atoms with van der Waals surface area (Å²) in [6, 6.07) is -0.162. The third-order valence-corrected chi connectivity index (χ3v) is 4.07. The molecule has 0 bridgehead atoms. The average molecular weight is 330 g/mol. The molecule has 0 aliphatic carbocycles. The van der Waals surface area contributed by atoms with E-state index in [0.717, 1.165) is 5.82 Å². The van der Waals surface area contributed by atoms with Gasteiger partial charge in [0.15, 0.2) is 0 Å². The Morgan fingerprint density at radius 1 is 1.25 bits per heavy atom. The standard InChI is InChI=1S/C16H22N6O2/c1-10(2)18-15(23)12-8-21-5-6-22(11(3)14(21)19-12)16(24)13-7-20(4)9-17-13/h7-11H,5-6H2,1-4H3,(H,18,23)/t11-/m0/s1. The van der Waals surface area contributed by atoms with Crippen LogP contribution in [0.4, 0.5) is 0 Å². The van der Waals surface area contributed by atoms with Gasteiger partial charge in [0.1, 0.15) is 17.2 Å². The number of rotatable bonds is 3. The maximum absolute atomic E-state index is 12.7. The molecule has 8 heteroatoms. The van der Waals surface area contributed by atoms with E-state index in [1.165, 1.54) is 0 Å². The molecule has 128 valence electrons. The van der Waals surface area contributed by atoms with Gasteiger partial charge in [0.05, 0.1) is 12.4 Å². The molecule has 2 aromatic rings. The number of fused-ring (bicyclic) bond motifs is 1. The zero-order chi connectivity index (χ0) is 17.4. The van der Waals surface area contributed by atoms with Crippen LogP contribution in [0.3, 0.4) is 0 Å². The summed E-state index contributed by atoms with van der Waals surface area (Å²) < 4.78 is 3.69. The maximum Gasteiger partial charge on any atom is 0.274 e. The SMILES string of the molecule is CC(C)NC(=O)c1cn2c(n1)[C@H](C)N(C(=O)c1cn(C)cn1)CC2. The number of nitrogens with one attached hydrogen (secondary N) is 1. The number of carbonyl (C=O) groups is 2. The van der Waals surface area contributed by atoms with E-state index >= 15 is 0 Å². The van der Waals surface area contributed by atoms with Gasteiger partial charge in [-0.3, -0.25) is 9.59 Å². The van der Waals surface area contributed by atoms with Gasteiger partial charge in [0, 0.05) is 38.6 Å². The summed E-state index contributed by atoms with van der Waals surface area (Å²) in [7, 11) is 1.83. The maximum atomic E-state index is 12.7. The predicted molar refractivity (Wildman–Crippen MR) is 87.5 cm³/mol. The average Bonchev–Trinajstić information content (AvgIpc) is 3.13. The number of amides is 2. The Labute approximate surface area is 140 Å². The molecule has 8 nitrogen and oxygen atoms in total. The molecule has 3 heterocycles. The zero-order valence-electron chi connectivity index (χ0n) is 14.4. The van der Waals surface area contributed by atoms with E-state index in [2.05, 4.69) is 15.3 Å². The third-order valence-electron chi connectivity index (χ3n) is 4.07. The normalized spacial score (nSPS) is 17.0. The Morgan fingerprint density at radius 2 is 2.00 bits per heavy atom. The number of hydrogen-bond donors (Lipinski definition) is 1. The summed E-state index contributed by atoms with van der Waals surface area (Å²) in [6.07, 6.45) is 5.07. The molecule has 0 fully saturated rings. The van der Waals surface area contributed by atoms with Gasteiger partial charge in [-0.25, -0.2) is 9.97 Å². The largest absolute Gasteiger partial charge is 0.348 e. The molecule has 0 spiro atoms. The highest BCUT2D eigenvalue weighted by atomic mass is 16.2. The van der Waals surface area contributed by atoms with Crippen molar-refractivity contribution >= 4 is 11.8 Å². The number of carbonyl (C=O) groups excluding carboxylic acids is 2. The van der Waals surface area contributed by atoms with Crippen molar-refractivity contribution in [2.75, 3.05) is 6.54 Å². The monoisotopic (exact) mass is 330 g/mol. The Bertz CT molecular complexity index is 775. The molecule has 3 rings (SSSR count). The van der Waals surface area contributed by atoms with Crippen LogP contribution >= 0.6 is 0 Å². The molecule has 1 N–H and O–H groups in total. The number of imidazole rings is 2. The van der Waals surface area contributed by atoms with Gasteiger partial charge in [0.25, 0.3) is 11.8 Å². The number of hydrogen-bond acceptors (Lipinski definition) is 4. The van der Waals surface area contributed by atoms with Gasteiger partial charge in [-0.15, -0.1) is 0 Å². The van der Waals surface area contributed by atoms with Gasteiger partial charge >= 0.3 is 0 Å². The molecule has 0 saturated heterocycles. The molecule has 24 heavy (non-hydrogen) atoms. The second kappa shape index (κ2) is 6.10. The van der Waals surface area contributed by atoms with E-state index in [1.54, 1.807) is 28.2 Å². The highest BCUT2D eigenvalue weighted by Crippen LogP contribution is 2.26. The van der Waals surface area contributed by atoms with Gasteiger partial charge in [0.2, 0.25) is 0 Å². The van der Waals surface area contributed by atoms with Crippen LogP contribution in [0.15, 0.2) is 18.7 Å². The van der Waals surface area contributed by atoms with Crippen LogP contribution in [0.25, 0.3) is 0 Å².